The number of halogens is 5. The second-order valence-electron chi connectivity index (χ2n) is 17.6. The average Bonchev–Trinajstić information content (AvgIpc) is 3.49. The van der Waals surface area contributed by atoms with Gasteiger partial charge in [-0.25, -0.2) is 13.6 Å². The number of amides is 3. The van der Waals surface area contributed by atoms with Crippen LogP contribution in [-0.4, -0.2) is 79.8 Å². The number of benzene rings is 4. The number of nitrogens with zero attached hydrogens (tertiary/aromatic N) is 5. The van der Waals surface area contributed by atoms with Crippen LogP contribution >= 0.6 is 34.8 Å². The summed E-state index contributed by atoms with van der Waals surface area (Å²) in [4.78, 5) is 38.3. The van der Waals surface area contributed by atoms with Crippen molar-refractivity contribution in [3.8, 4) is 17.6 Å². The normalized spacial score (nSPS) is 21.9. The molecule has 7 rings (SSSR count). The van der Waals surface area contributed by atoms with E-state index >= 15 is 0 Å². The van der Waals surface area contributed by atoms with E-state index in [1.807, 2.05) is 57.1 Å². The van der Waals surface area contributed by atoms with E-state index in [0.29, 0.717) is 37.1 Å². The number of piperidine rings is 2. The maximum absolute atomic E-state index is 13.9. The summed E-state index contributed by atoms with van der Waals surface area (Å²) >= 11 is 14.6. The minimum absolute atomic E-state index is 0.122. The van der Waals surface area contributed by atoms with Gasteiger partial charge >= 0.3 is 11.9 Å². The standard InChI is InChI=1S/C24H29FN4O2.C23H28FN3O.C2Cl3NO2/c1-16(2)31-21-9-4-6-18(12-21)15-28-11-10-24(14-17(28)3)22(26)27-23(30)29(24)20-8-5-7-19(25)13-20;1-17(2)28-22-9-4-6-19(12-22)15-27-11-10-23(16-25,14-18(27)3)26-21-8-5-7-20(24)13-21;3-2(4,5)1(7)6-8/h4-9,12-13,16-17H,10-11,14-15H2,1-3H3,(H2,26,27,30);4-9,12-13,17-18,26H,10-11,14-15H2,1-3H3;/t17-,24+;18-,23+;/m00./s1. The molecule has 0 unspecified atom stereocenters. The fourth-order valence-corrected chi connectivity index (χ4v) is 8.71. The second kappa shape index (κ2) is 23.1. The van der Waals surface area contributed by atoms with Crippen LogP contribution in [0.3, 0.4) is 0 Å². The maximum atomic E-state index is 13.9. The lowest BCUT2D eigenvalue weighted by Crippen LogP contribution is -2.59. The Hall–Kier alpha value is -5.37. The molecule has 67 heavy (non-hydrogen) atoms. The molecule has 13 nitrogen and oxygen atoms in total. The highest BCUT2D eigenvalue weighted by atomic mass is 35.6. The minimum Gasteiger partial charge on any atom is -0.491 e. The van der Waals surface area contributed by atoms with Crippen LogP contribution in [0.4, 0.5) is 25.0 Å². The quantitative estimate of drug-likeness (QED) is 0.0980. The number of nitrogens with one attached hydrogen (secondary N) is 3. The van der Waals surface area contributed by atoms with Gasteiger partial charge in [0.1, 0.15) is 40.0 Å². The SMILES string of the molecule is CC(C)Oc1cccc(CN2CC[C@@](C#N)(Nc3cccc(F)c3)C[C@@H]2C)c1.CC(C)Oc1cccc(CN2CC[C@@]3(C[C@@H]2C)C(=N)NC(=O)N3c2cccc(F)c2)c1.O=NC(=O)C(Cl)(Cl)Cl. The van der Waals surface area contributed by atoms with Crippen LogP contribution in [-0.2, 0) is 17.9 Å². The molecular formula is C49H57Cl3F2N8O5. The molecule has 4 aromatic carbocycles. The van der Waals surface area contributed by atoms with Crippen LogP contribution in [0.1, 0.15) is 78.4 Å². The topological polar surface area (TPSA) is 163 Å². The molecule has 0 bridgehead atoms. The van der Waals surface area contributed by atoms with Gasteiger partial charge in [0.25, 0.3) is 3.79 Å². The maximum Gasteiger partial charge on any atom is 0.337 e. The number of carbonyl (C=O) groups excluding carboxylic acids is 2. The van der Waals surface area contributed by atoms with Crippen molar-refractivity contribution in [2.75, 3.05) is 23.3 Å². The summed E-state index contributed by atoms with van der Waals surface area (Å²) in [6, 6.07) is 31.1. The second-order valence-corrected chi connectivity index (χ2v) is 19.8. The van der Waals surface area contributed by atoms with E-state index in [1.165, 1.54) is 35.4 Å². The highest BCUT2D eigenvalue weighted by Crippen LogP contribution is 2.40. The predicted octanol–water partition coefficient (Wildman–Crippen LogP) is 11.2. The van der Waals surface area contributed by atoms with Crippen molar-refractivity contribution in [1.29, 1.82) is 10.7 Å². The molecule has 3 heterocycles. The predicted molar refractivity (Wildman–Crippen MR) is 260 cm³/mol. The average molecular weight is 982 g/mol. The largest absolute Gasteiger partial charge is 0.491 e. The van der Waals surface area contributed by atoms with Crippen molar-refractivity contribution in [1.82, 2.24) is 15.1 Å². The molecule has 18 heteroatoms. The number of amidine groups is 1. The van der Waals surface area contributed by atoms with Crippen molar-refractivity contribution in [3.63, 3.8) is 0 Å². The molecule has 0 radical (unpaired) electrons. The first-order valence-corrected chi connectivity index (χ1v) is 23.1. The zero-order valence-electron chi connectivity index (χ0n) is 38.4. The van der Waals surface area contributed by atoms with E-state index < -0.39 is 26.6 Å². The highest BCUT2D eigenvalue weighted by molar-refractivity contribution is 6.76. The van der Waals surface area contributed by atoms with Crippen LogP contribution in [0.25, 0.3) is 0 Å². The van der Waals surface area contributed by atoms with Gasteiger partial charge < -0.3 is 14.8 Å². The first-order chi connectivity index (χ1) is 31.6. The first kappa shape index (κ1) is 52.6. The third-order valence-electron chi connectivity index (χ3n) is 11.6. The summed E-state index contributed by atoms with van der Waals surface area (Å²) in [5, 5.41) is 26.2. The van der Waals surface area contributed by atoms with Gasteiger partial charge in [-0.05, 0) is 139 Å². The van der Waals surface area contributed by atoms with Gasteiger partial charge in [-0.15, -0.1) is 4.91 Å². The third kappa shape index (κ3) is 14.3. The Labute approximate surface area is 406 Å². The van der Waals surface area contributed by atoms with Crippen molar-refractivity contribution in [2.45, 2.75) is 119 Å². The summed E-state index contributed by atoms with van der Waals surface area (Å²) in [6.45, 7) is 15.4. The number of alkyl halides is 3. The van der Waals surface area contributed by atoms with Crippen molar-refractivity contribution >= 4 is 64.0 Å². The summed E-state index contributed by atoms with van der Waals surface area (Å²) in [7, 11) is 0. The molecule has 0 aromatic heterocycles. The number of carbonyl (C=O) groups is 2. The van der Waals surface area contributed by atoms with Gasteiger partial charge in [0, 0.05) is 54.8 Å². The number of nitroso groups, excluding NO2 is 1. The highest BCUT2D eigenvalue weighted by Gasteiger charge is 2.54. The minimum atomic E-state index is -2.19. The Bertz CT molecular complexity index is 2420. The fraction of sp³-hybridized carbons (Fsp3) is 0.429. The molecule has 4 aromatic rings. The molecule has 3 aliphatic heterocycles. The van der Waals surface area contributed by atoms with E-state index in [0.717, 1.165) is 37.7 Å². The Kier molecular flexibility index (Phi) is 18.1. The monoisotopic (exact) mass is 980 g/mol. The Morgan fingerprint density at radius 3 is 1.84 bits per heavy atom. The Balaban J connectivity index is 0.000000217. The number of urea groups is 1. The van der Waals surface area contributed by atoms with Gasteiger partial charge in [-0.1, -0.05) is 71.2 Å². The van der Waals surface area contributed by atoms with Crippen molar-refractivity contribution < 1.29 is 27.8 Å². The summed E-state index contributed by atoms with van der Waals surface area (Å²) in [5.74, 6) is -0.0578. The molecule has 3 saturated heterocycles. The van der Waals surface area contributed by atoms with Gasteiger partial charge in [0.05, 0.1) is 18.3 Å². The molecule has 3 amide bonds. The van der Waals surface area contributed by atoms with Crippen LogP contribution in [0.5, 0.6) is 11.5 Å². The molecule has 3 N–H and O–H groups in total. The molecule has 0 aliphatic carbocycles. The molecule has 3 aliphatic rings. The summed E-state index contributed by atoms with van der Waals surface area (Å²) in [5.41, 5.74) is 2.06. The molecule has 3 fully saturated rings. The van der Waals surface area contributed by atoms with Crippen molar-refractivity contribution in [3.05, 3.63) is 125 Å². The van der Waals surface area contributed by atoms with E-state index in [4.69, 9.17) is 49.7 Å². The smallest absolute Gasteiger partial charge is 0.337 e. The number of rotatable bonds is 11. The van der Waals surface area contributed by atoms with Gasteiger partial charge in [-0.3, -0.25) is 30.2 Å². The zero-order valence-corrected chi connectivity index (χ0v) is 40.6. The Morgan fingerprint density at radius 2 is 1.37 bits per heavy atom. The van der Waals surface area contributed by atoms with Gasteiger partial charge in [0.2, 0.25) is 0 Å². The molecule has 1 spiro atoms. The number of hydrogen-bond donors (Lipinski definition) is 3. The molecule has 4 atom stereocenters. The Morgan fingerprint density at radius 1 is 0.851 bits per heavy atom. The molecular weight excluding hydrogens is 925 g/mol. The molecule has 358 valence electrons. The lowest BCUT2D eigenvalue weighted by atomic mass is 9.81. The number of likely N-dealkylation sites (tertiary alicyclic amines) is 2. The summed E-state index contributed by atoms with van der Waals surface area (Å²) < 4.78 is 36.8. The van der Waals surface area contributed by atoms with E-state index in [9.17, 15) is 28.5 Å². The van der Waals surface area contributed by atoms with E-state index in [-0.39, 0.29) is 42.0 Å². The van der Waals surface area contributed by atoms with Crippen LogP contribution < -0.4 is 25.0 Å². The fourth-order valence-electron chi connectivity index (χ4n) is 8.61. The first-order valence-electron chi connectivity index (χ1n) is 22.0. The van der Waals surface area contributed by atoms with Gasteiger partial charge in [-0.2, -0.15) is 5.26 Å². The van der Waals surface area contributed by atoms with Crippen LogP contribution in [0.2, 0.25) is 0 Å². The number of nitriles is 1. The lowest BCUT2D eigenvalue weighted by molar-refractivity contribution is -0.117. The lowest BCUT2D eigenvalue weighted by Gasteiger charge is -2.46. The number of ether oxygens (including phenoxy) is 2. The van der Waals surface area contributed by atoms with E-state index in [2.05, 4.69) is 64.6 Å². The third-order valence-corrected chi connectivity index (χ3v) is 12.1. The van der Waals surface area contributed by atoms with E-state index in [1.54, 1.807) is 29.2 Å². The van der Waals surface area contributed by atoms with Crippen LogP contribution in [0, 0.1) is 33.3 Å². The number of hydrogen-bond acceptors (Lipinski definition) is 10. The van der Waals surface area contributed by atoms with Crippen molar-refractivity contribution in [2.24, 2.45) is 5.18 Å². The molecule has 0 saturated carbocycles. The summed E-state index contributed by atoms with van der Waals surface area (Å²) in [6.07, 6.45) is 2.84. The zero-order chi connectivity index (χ0) is 49.1. The van der Waals surface area contributed by atoms with Crippen LogP contribution in [0.15, 0.2) is 102 Å². The number of anilines is 2. The van der Waals surface area contributed by atoms with Gasteiger partial charge in [0.15, 0.2) is 0 Å².